The van der Waals surface area contributed by atoms with Crippen molar-refractivity contribution in [3.05, 3.63) is 42.2 Å². The Labute approximate surface area is 184 Å². The summed E-state index contributed by atoms with van der Waals surface area (Å²) in [5.74, 6) is 0.305. The van der Waals surface area contributed by atoms with Crippen molar-refractivity contribution in [1.82, 2.24) is 29.9 Å². The zero-order valence-corrected chi connectivity index (χ0v) is 18.1. The van der Waals surface area contributed by atoms with Crippen molar-refractivity contribution in [2.45, 2.75) is 38.8 Å². The number of amides is 1. The Bertz CT molecular complexity index is 1320. The van der Waals surface area contributed by atoms with Gasteiger partial charge in [-0.2, -0.15) is 0 Å². The minimum Gasteiger partial charge on any atom is -0.384 e. The Kier molecular flexibility index (Phi) is 4.97. The summed E-state index contributed by atoms with van der Waals surface area (Å²) in [6.45, 7) is 4.62. The highest BCUT2D eigenvalue weighted by atomic mass is 16.3. The molecule has 4 heterocycles. The van der Waals surface area contributed by atoms with Crippen LogP contribution in [0, 0.1) is 6.92 Å². The Morgan fingerprint density at radius 3 is 2.62 bits per heavy atom. The van der Waals surface area contributed by atoms with Crippen molar-refractivity contribution < 1.29 is 9.90 Å². The summed E-state index contributed by atoms with van der Waals surface area (Å²) in [5.41, 5.74) is 11.4. The number of carbonyl (C=O) groups is 1. The van der Waals surface area contributed by atoms with E-state index in [4.69, 9.17) is 5.73 Å². The molecule has 1 atom stereocenters. The monoisotopic (exact) mass is 431 g/mol. The van der Waals surface area contributed by atoms with Crippen LogP contribution in [-0.4, -0.2) is 60.1 Å². The summed E-state index contributed by atoms with van der Waals surface area (Å²) in [6, 6.07) is 8.27. The Hall–Kier alpha value is -3.59. The van der Waals surface area contributed by atoms with Gasteiger partial charge in [-0.3, -0.25) is 9.78 Å². The zero-order valence-electron chi connectivity index (χ0n) is 18.1. The molecule has 1 aliphatic rings. The van der Waals surface area contributed by atoms with E-state index in [2.05, 4.69) is 26.3 Å². The summed E-state index contributed by atoms with van der Waals surface area (Å²) in [6.07, 6.45) is 4.06. The van der Waals surface area contributed by atoms with Crippen LogP contribution in [0.25, 0.3) is 33.1 Å². The fraction of sp³-hybridized carbons (Fsp3) is 0.348. The third-order valence-electron chi connectivity index (χ3n) is 6.23. The second-order valence-electron chi connectivity index (χ2n) is 8.42. The molecular formula is C23H25N7O2. The second-order valence-corrected chi connectivity index (χ2v) is 8.42. The van der Waals surface area contributed by atoms with E-state index in [0.717, 1.165) is 51.5 Å². The lowest BCUT2D eigenvalue weighted by molar-refractivity contribution is -0.140. The first-order valence-electron chi connectivity index (χ1n) is 10.8. The van der Waals surface area contributed by atoms with Gasteiger partial charge in [-0.05, 0) is 56.0 Å². The highest BCUT2D eigenvalue weighted by Gasteiger charge is 2.28. The smallest absolute Gasteiger partial charge is 0.251 e. The van der Waals surface area contributed by atoms with E-state index < -0.39 is 6.10 Å². The number of fused-ring (bicyclic) bond motifs is 3. The third kappa shape index (κ3) is 3.44. The molecule has 1 aliphatic heterocycles. The predicted molar refractivity (Wildman–Crippen MR) is 122 cm³/mol. The molecule has 32 heavy (non-hydrogen) atoms. The number of nitrogens with zero attached hydrogens (tertiary/aromatic N) is 6. The number of aryl methyl sites for hydroxylation is 1. The molecule has 3 aromatic heterocycles. The maximum atomic E-state index is 12.1. The van der Waals surface area contributed by atoms with E-state index in [1.54, 1.807) is 17.3 Å². The van der Waals surface area contributed by atoms with E-state index in [0.29, 0.717) is 18.9 Å². The van der Waals surface area contributed by atoms with Gasteiger partial charge in [0.1, 0.15) is 23.0 Å². The standard InChI is InChI=1S/C23H25N7O2/c1-13-9-16(11-26-22(13)24)15-3-4-19-18(10-15)21-20(12-25-19)27-28-30(21)17-5-7-29(8-6-17)23(32)14(2)31/h3-4,9-12,14,17,31H,5-8H2,1-2H3,(H2,24,26)/t14-/m1/s1. The quantitative estimate of drug-likeness (QED) is 0.511. The number of piperidine rings is 1. The molecule has 0 aliphatic carbocycles. The summed E-state index contributed by atoms with van der Waals surface area (Å²) in [5, 5.41) is 19.4. The molecule has 0 saturated carbocycles. The van der Waals surface area contributed by atoms with E-state index >= 15 is 0 Å². The average molecular weight is 432 g/mol. The molecule has 0 radical (unpaired) electrons. The molecule has 0 spiro atoms. The number of anilines is 1. The highest BCUT2D eigenvalue weighted by molar-refractivity contribution is 6.03. The van der Waals surface area contributed by atoms with E-state index in [1.807, 2.05) is 29.8 Å². The molecule has 1 amide bonds. The van der Waals surface area contributed by atoms with Crippen LogP contribution in [0.5, 0.6) is 0 Å². The first-order valence-corrected chi connectivity index (χ1v) is 10.8. The number of likely N-dealkylation sites (tertiary alicyclic amines) is 1. The number of nitrogens with two attached hydrogens (primary N) is 1. The van der Waals surface area contributed by atoms with Crippen molar-refractivity contribution in [1.29, 1.82) is 0 Å². The maximum absolute atomic E-state index is 12.1. The SMILES string of the molecule is Cc1cc(-c2ccc3ncc4nnn(C5CCN(C(=O)[C@@H](C)O)CC5)c4c3c2)cnc1N. The van der Waals surface area contributed by atoms with Gasteiger partial charge in [0.05, 0.1) is 17.8 Å². The molecular weight excluding hydrogens is 406 g/mol. The van der Waals surface area contributed by atoms with Crippen LogP contribution >= 0.6 is 0 Å². The number of benzene rings is 1. The van der Waals surface area contributed by atoms with Gasteiger partial charge in [-0.15, -0.1) is 5.10 Å². The summed E-state index contributed by atoms with van der Waals surface area (Å²) in [7, 11) is 0. The number of carbonyl (C=O) groups excluding carboxylic acids is 1. The van der Waals surface area contributed by atoms with E-state index in [-0.39, 0.29) is 11.9 Å². The van der Waals surface area contributed by atoms with Crippen LogP contribution in [0.3, 0.4) is 0 Å². The molecule has 9 heteroatoms. The second kappa shape index (κ2) is 7.83. The van der Waals surface area contributed by atoms with Crippen molar-refractivity contribution >= 4 is 33.7 Å². The number of hydrogen-bond acceptors (Lipinski definition) is 7. The zero-order chi connectivity index (χ0) is 22.4. The largest absolute Gasteiger partial charge is 0.384 e. The summed E-state index contributed by atoms with van der Waals surface area (Å²) >= 11 is 0. The van der Waals surface area contributed by atoms with Crippen LogP contribution in [0.4, 0.5) is 5.82 Å². The number of hydrogen-bond donors (Lipinski definition) is 2. The van der Waals surface area contributed by atoms with Crippen LogP contribution in [0.2, 0.25) is 0 Å². The van der Waals surface area contributed by atoms with Gasteiger partial charge < -0.3 is 15.7 Å². The molecule has 9 nitrogen and oxygen atoms in total. The molecule has 0 bridgehead atoms. The lowest BCUT2D eigenvalue weighted by atomic mass is 10.0. The number of nitrogen functional groups attached to an aromatic ring is 1. The lowest BCUT2D eigenvalue weighted by Crippen LogP contribution is -2.43. The van der Waals surface area contributed by atoms with E-state index in [1.165, 1.54) is 6.92 Å². The van der Waals surface area contributed by atoms with Crippen molar-refractivity contribution in [2.75, 3.05) is 18.8 Å². The van der Waals surface area contributed by atoms with Crippen molar-refractivity contribution in [2.24, 2.45) is 0 Å². The Morgan fingerprint density at radius 1 is 1.12 bits per heavy atom. The fourth-order valence-corrected chi connectivity index (χ4v) is 4.40. The Morgan fingerprint density at radius 2 is 1.91 bits per heavy atom. The lowest BCUT2D eigenvalue weighted by Gasteiger charge is -2.32. The van der Waals surface area contributed by atoms with E-state index in [9.17, 15) is 9.90 Å². The summed E-state index contributed by atoms with van der Waals surface area (Å²) < 4.78 is 1.97. The predicted octanol–water partition coefficient (Wildman–Crippen LogP) is 2.48. The Balaban J connectivity index is 1.54. The number of pyridine rings is 2. The van der Waals surface area contributed by atoms with Gasteiger partial charge in [-0.25, -0.2) is 9.67 Å². The molecule has 164 valence electrons. The molecule has 0 unspecified atom stereocenters. The number of aromatic nitrogens is 5. The highest BCUT2D eigenvalue weighted by Crippen LogP contribution is 2.32. The van der Waals surface area contributed by atoms with Gasteiger partial charge in [0, 0.05) is 30.2 Å². The van der Waals surface area contributed by atoms with Crippen LogP contribution in [0.15, 0.2) is 36.7 Å². The van der Waals surface area contributed by atoms with Gasteiger partial charge in [0.2, 0.25) is 0 Å². The average Bonchev–Trinajstić information content (AvgIpc) is 3.25. The minimum atomic E-state index is -0.973. The normalized spacial score (nSPS) is 16.0. The van der Waals surface area contributed by atoms with Crippen molar-refractivity contribution in [3.63, 3.8) is 0 Å². The van der Waals surface area contributed by atoms with Crippen LogP contribution < -0.4 is 5.73 Å². The maximum Gasteiger partial charge on any atom is 0.251 e. The molecule has 1 saturated heterocycles. The third-order valence-corrected chi connectivity index (χ3v) is 6.23. The molecule has 3 N–H and O–H groups in total. The van der Waals surface area contributed by atoms with Gasteiger partial charge in [0.25, 0.3) is 5.91 Å². The van der Waals surface area contributed by atoms with Crippen LogP contribution in [0.1, 0.15) is 31.4 Å². The first kappa shape index (κ1) is 20.3. The number of aliphatic hydroxyl groups is 1. The number of rotatable bonds is 3. The molecule has 1 fully saturated rings. The molecule has 5 rings (SSSR count). The summed E-state index contributed by atoms with van der Waals surface area (Å²) in [4.78, 5) is 22.7. The topological polar surface area (TPSA) is 123 Å². The minimum absolute atomic E-state index is 0.118. The van der Waals surface area contributed by atoms with Gasteiger partial charge in [0.15, 0.2) is 0 Å². The molecule has 1 aromatic carbocycles. The van der Waals surface area contributed by atoms with Gasteiger partial charge in [-0.1, -0.05) is 11.3 Å². The van der Waals surface area contributed by atoms with Crippen LogP contribution in [-0.2, 0) is 4.79 Å². The molecule has 4 aromatic rings. The first-order chi connectivity index (χ1) is 15.4. The number of aliphatic hydroxyl groups excluding tert-OH is 1. The van der Waals surface area contributed by atoms with Crippen molar-refractivity contribution in [3.8, 4) is 11.1 Å². The van der Waals surface area contributed by atoms with Gasteiger partial charge >= 0.3 is 0 Å². The fourth-order valence-electron chi connectivity index (χ4n) is 4.40.